The van der Waals surface area contributed by atoms with Crippen LogP contribution in [0.15, 0.2) is 28.7 Å². The zero-order valence-corrected chi connectivity index (χ0v) is 10.7. The Morgan fingerprint density at radius 3 is 1.92 bits per heavy atom. The number of benzene rings is 1. The molecule has 0 amide bonds. The van der Waals surface area contributed by atoms with Crippen LogP contribution in [0.25, 0.3) is 0 Å². The first kappa shape index (κ1) is 13.5. The summed E-state index contributed by atoms with van der Waals surface area (Å²) >= 11 is 8.89. The summed E-state index contributed by atoms with van der Waals surface area (Å²) in [5, 5.41) is 0.763. The van der Waals surface area contributed by atoms with Gasteiger partial charge >= 0.3 is 8.26 Å². The van der Waals surface area contributed by atoms with Crippen molar-refractivity contribution in [2.75, 3.05) is 0 Å². The molecule has 2 nitrogen and oxygen atoms in total. The molecule has 1 rings (SSSR count). The van der Waals surface area contributed by atoms with Crippen LogP contribution in [0.2, 0.25) is 5.02 Å². The molecule has 0 radical (unpaired) electrons. The van der Waals surface area contributed by atoms with Crippen LogP contribution in [0.5, 0.6) is 0 Å². The van der Waals surface area contributed by atoms with E-state index in [0.29, 0.717) is 0 Å². The quantitative estimate of drug-likeness (QED) is 0.679. The minimum absolute atomic E-state index is 0.763. The van der Waals surface area contributed by atoms with Crippen LogP contribution < -0.4 is 0 Å². The fourth-order valence-electron chi connectivity index (χ4n) is 0.460. The normalized spacial score (nSPS) is 10.2. The maximum absolute atomic E-state index is 9.16. The Balaban J connectivity index is 0.000000252. The predicted octanol–water partition coefficient (Wildman–Crippen LogP) is 3.81. The minimum atomic E-state index is -3.72. The molecule has 0 bridgehead atoms. The Morgan fingerprint density at radius 1 is 1.23 bits per heavy atom. The Kier molecular flexibility index (Phi) is 6.33. The van der Waals surface area contributed by atoms with Crippen molar-refractivity contribution in [3.05, 3.63) is 33.8 Å². The fourth-order valence-corrected chi connectivity index (χ4v) is 1.18. The second-order valence-electron chi connectivity index (χ2n) is 1.82. The van der Waals surface area contributed by atoms with Gasteiger partial charge in [0.25, 0.3) is 0 Å². The van der Waals surface area contributed by atoms with Gasteiger partial charge in [-0.25, -0.2) is 0 Å². The highest BCUT2D eigenvalue weighted by atomic mass is 79.9. The molecule has 0 fully saturated rings. The second kappa shape index (κ2) is 6.09. The zero-order valence-electron chi connectivity index (χ0n) is 6.05. The van der Waals surface area contributed by atoms with Crippen molar-refractivity contribution in [3.8, 4) is 0 Å². The molecule has 13 heavy (non-hydrogen) atoms. The molecule has 0 atom stereocenters. The molecule has 0 saturated heterocycles. The highest BCUT2D eigenvalue weighted by molar-refractivity contribution is 9.10. The van der Waals surface area contributed by atoms with Crippen LogP contribution in [-0.2, 0) is 8.26 Å². The molecule has 0 aromatic heterocycles. The average molecular weight is 326 g/mol. The Morgan fingerprint density at radius 2 is 1.69 bits per heavy atom. The van der Waals surface area contributed by atoms with Crippen LogP contribution >= 0.6 is 48.9 Å². The summed E-state index contributed by atoms with van der Waals surface area (Å²) in [5.41, 5.74) is 0. The summed E-state index contributed by atoms with van der Waals surface area (Å²) < 4.78 is 19.3. The molecule has 0 aliphatic heterocycles. The van der Waals surface area contributed by atoms with E-state index in [4.69, 9.17) is 20.0 Å². The first-order valence-electron chi connectivity index (χ1n) is 2.84. The molecule has 0 N–H and O–H groups in total. The summed E-state index contributed by atoms with van der Waals surface area (Å²) in [6.45, 7) is 0. The lowest BCUT2D eigenvalue weighted by Crippen LogP contribution is -1.63. The molecule has 0 aliphatic carbocycles. The van der Waals surface area contributed by atoms with Crippen LogP contribution in [0.4, 0.5) is 0 Å². The van der Waals surface area contributed by atoms with Crippen LogP contribution in [-0.4, -0.2) is 8.42 Å². The van der Waals surface area contributed by atoms with Gasteiger partial charge in [0.05, 0.1) is 0 Å². The SMILES string of the molecule is Clc1cccc(Br)c1.O=S(=O)(Cl)Cl. The van der Waals surface area contributed by atoms with Gasteiger partial charge in [-0.3, -0.25) is 0 Å². The van der Waals surface area contributed by atoms with Crippen molar-refractivity contribution < 1.29 is 8.42 Å². The van der Waals surface area contributed by atoms with Crippen molar-refractivity contribution in [1.29, 1.82) is 0 Å². The predicted molar refractivity (Wildman–Crippen MR) is 59.8 cm³/mol. The molecule has 0 heterocycles. The van der Waals surface area contributed by atoms with E-state index in [1.54, 1.807) is 0 Å². The average Bonchev–Trinajstić information content (AvgIpc) is 1.81. The van der Waals surface area contributed by atoms with Gasteiger partial charge in [-0.05, 0) is 18.2 Å². The molecule has 1 aromatic carbocycles. The summed E-state index contributed by atoms with van der Waals surface area (Å²) in [5.74, 6) is 0. The van der Waals surface area contributed by atoms with E-state index >= 15 is 0 Å². The summed E-state index contributed by atoms with van der Waals surface area (Å²) in [4.78, 5) is 0. The standard InChI is InChI=1S/C6H4BrCl.Cl2O2S/c7-5-2-1-3-6(8)4-5;1-5(2,3)4/h1-4H;. The van der Waals surface area contributed by atoms with Gasteiger partial charge in [-0.2, -0.15) is 8.42 Å². The van der Waals surface area contributed by atoms with Gasteiger partial charge < -0.3 is 0 Å². The van der Waals surface area contributed by atoms with E-state index < -0.39 is 8.26 Å². The number of hydrogen-bond acceptors (Lipinski definition) is 2. The molecule has 74 valence electrons. The lowest BCUT2D eigenvalue weighted by molar-refractivity contribution is 0.621. The van der Waals surface area contributed by atoms with Gasteiger partial charge in [-0.1, -0.05) is 33.6 Å². The van der Waals surface area contributed by atoms with Gasteiger partial charge in [0, 0.05) is 30.9 Å². The van der Waals surface area contributed by atoms with Crippen LogP contribution in [0, 0.1) is 0 Å². The van der Waals surface area contributed by atoms with Crippen LogP contribution in [0.1, 0.15) is 0 Å². The summed E-state index contributed by atoms with van der Waals surface area (Å²) in [6.07, 6.45) is 0. The maximum atomic E-state index is 9.16. The lowest BCUT2D eigenvalue weighted by atomic mass is 10.4. The van der Waals surface area contributed by atoms with Gasteiger partial charge in [0.15, 0.2) is 0 Å². The van der Waals surface area contributed by atoms with Crippen LogP contribution in [0.3, 0.4) is 0 Å². The monoisotopic (exact) mass is 324 g/mol. The van der Waals surface area contributed by atoms with Gasteiger partial charge in [0.2, 0.25) is 0 Å². The topological polar surface area (TPSA) is 34.1 Å². The largest absolute Gasteiger partial charge is 0.317 e. The first-order valence-corrected chi connectivity index (χ1v) is 7.15. The van der Waals surface area contributed by atoms with Crippen molar-refractivity contribution in [1.82, 2.24) is 0 Å². The van der Waals surface area contributed by atoms with E-state index in [1.165, 1.54) is 0 Å². The Labute approximate surface area is 98.8 Å². The molecule has 7 heteroatoms. The molecule has 1 aromatic rings. The maximum Gasteiger partial charge on any atom is 0.317 e. The van der Waals surface area contributed by atoms with Crippen molar-refractivity contribution in [3.63, 3.8) is 0 Å². The van der Waals surface area contributed by atoms with E-state index in [9.17, 15) is 0 Å². The summed E-state index contributed by atoms with van der Waals surface area (Å²) in [6, 6.07) is 7.52. The Hall–Kier alpha value is 0.520. The second-order valence-corrected chi connectivity index (χ2v) is 6.84. The molecular weight excluding hydrogens is 322 g/mol. The third kappa shape index (κ3) is 12.5. The van der Waals surface area contributed by atoms with E-state index in [0.717, 1.165) is 9.50 Å². The van der Waals surface area contributed by atoms with Gasteiger partial charge in [-0.15, -0.1) is 0 Å². The van der Waals surface area contributed by atoms with Crippen molar-refractivity contribution >= 4 is 57.2 Å². The number of hydrogen-bond donors (Lipinski definition) is 0. The van der Waals surface area contributed by atoms with Crippen molar-refractivity contribution in [2.45, 2.75) is 0 Å². The number of rotatable bonds is 0. The highest BCUT2D eigenvalue weighted by Crippen LogP contribution is 2.14. The third-order valence-electron chi connectivity index (χ3n) is 0.787. The smallest absolute Gasteiger partial charge is 0.195 e. The number of halogens is 4. The molecule has 0 aliphatic rings. The lowest BCUT2D eigenvalue weighted by Gasteiger charge is -1.87. The molecule has 0 saturated carbocycles. The Bertz CT molecular complexity index is 341. The minimum Gasteiger partial charge on any atom is -0.195 e. The van der Waals surface area contributed by atoms with E-state index in [-0.39, 0.29) is 0 Å². The third-order valence-corrected chi connectivity index (χ3v) is 1.52. The molecule has 0 unspecified atom stereocenters. The van der Waals surface area contributed by atoms with Crippen molar-refractivity contribution in [2.24, 2.45) is 0 Å². The van der Waals surface area contributed by atoms with E-state index in [2.05, 4.69) is 37.3 Å². The van der Waals surface area contributed by atoms with Gasteiger partial charge in [0.1, 0.15) is 0 Å². The molecule has 0 spiro atoms. The van der Waals surface area contributed by atoms with E-state index in [1.807, 2.05) is 24.3 Å². The fraction of sp³-hybridized carbons (Fsp3) is 0. The first-order chi connectivity index (χ1) is 5.79. The zero-order chi connectivity index (χ0) is 10.5. The molecular formula is C6H4BrCl3O2S. The summed E-state index contributed by atoms with van der Waals surface area (Å²) in [7, 11) is 4.81. The highest BCUT2D eigenvalue weighted by Gasteiger charge is 1.88.